The summed E-state index contributed by atoms with van der Waals surface area (Å²) in [5.41, 5.74) is 2.11. The van der Waals surface area contributed by atoms with Crippen LogP contribution in [-0.4, -0.2) is 42.2 Å². The molecule has 0 fully saturated rings. The van der Waals surface area contributed by atoms with Gasteiger partial charge in [-0.15, -0.1) is 0 Å². The van der Waals surface area contributed by atoms with Gasteiger partial charge in [0.2, 0.25) is 15.0 Å². The number of rotatable bonds is 7. The normalized spacial score (nSPS) is 12.3. The summed E-state index contributed by atoms with van der Waals surface area (Å²) in [6.07, 6.45) is 2.46. The largest absolute Gasteiger partial charge is 0.317 e. The van der Waals surface area contributed by atoms with Crippen molar-refractivity contribution in [1.29, 1.82) is 0 Å². The number of aromatic nitrogens is 2. The van der Waals surface area contributed by atoms with Gasteiger partial charge in [-0.2, -0.15) is 0 Å². The molecule has 0 atom stereocenters. The van der Waals surface area contributed by atoms with E-state index in [9.17, 15) is 8.42 Å². The van der Waals surface area contributed by atoms with Gasteiger partial charge >= 0.3 is 0 Å². The summed E-state index contributed by atoms with van der Waals surface area (Å²) in [6, 6.07) is 10.1. The molecule has 0 radical (unpaired) electrons. The third kappa shape index (κ3) is 4.20. The molecule has 0 saturated carbocycles. The number of nitrogens with zero attached hydrogens (tertiary/aromatic N) is 3. The van der Waals surface area contributed by atoms with Gasteiger partial charge in [-0.1, -0.05) is 30.3 Å². The molecule has 0 spiro atoms. The number of sulfone groups is 1. The summed E-state index contributed by atoms with van der Waals surface area (Å²) in [4.78, 5) is 6.24. The van der Waals surface area contributed by atoms with Crippen LogP contribution in [0.3, 0.4) is 0 Å². The zero-order valence-electron chi connectivity index (χ0n) is 14.2. The highest BCUT2D eigenvalue weighted by Crippen LogP contribution is 2.18. The Morgan fingerprint density at radius 1 is 1.17 bits per heavy atom. The molecule has 0 aliphatic heterocycles. The van der Waals surface area contributed by atoms with Gasteiger partial charge in [0.25, 0.3) is 0 Å². The number of hydrogen-bond donors (Lipinski definition) is 0. The van der Waals surface area contributed by atoms with Gasteiger partial charge in [-0.25, -0.2) is 13.4 Å². The monoisotopic (exact) mass is 335 g/mol. The highest BCUT2D eigenvalue weighted by molar-refractivity contribution is 7.91. The Labute approximate surface area is 138 Å². The van der Waals surface area contributed by atoms with Crippen LogP contribution < -0.4 is 0 Å². The molecule has 2 rings (SSSR count). The van der Waals surface area contributed by atoms with Crippen molar-refractivity contribution >= 4 is 9.84 Å². The fourth-order valence-electron chi connectivity index (χ4n) is 2.40. The molecule has 23 heavy (non-hydrogen) atoms. The van der Waals surface area contributed by atoms with Crippen LogP contribution in [0.1, 0.15) is 25.1 Å². The molecular formula is C17H25N3O2S. The lowest BCUT2D eigenvalue weighted by Gasteiger charge is -2.16. The van der Waals surface area contributed by atoms with E-state index in [4.69, 9.17) is 0 Å². The molecule has 126 valence electrons. The van der Waals surface area contributed by atoms with E-state index in [0.29, 0.717) is 13.1 Å². The van der Waals surface area contributed by atoms with Crippen molar-refractivity contribution in [3.8, 4) is 0 Å². The Balaban J connectivity index is 2.35. The Hall–Kier alpha value is -1.66. The number of benzene rings is 1. The summed E-state index contributed by atoms with van der Waals surface area (Å²) in [6.45, 7) is 4.65. The van der Waals surface area contributed by atoms with Crippen LogP contribution in [0, 0.1) is 0 Å². The van der Waals surface area contributed by atoms with Crippen LogP contribution in [-0.2, 0) is 29.3 Å². The fourth-order valence-corrected chi connectivity index (χ4v) is 3.54. The average Bonchev–Trinajstić information content (AvgIpc) is 2.88. The van der Waals surface area contributed by atoms with Gasteiger partial charge in [0, 0.05) is 13.1 Å². The van der Waals surface area contributed by atoms with Crippen molar-refractivity contribution < 1.29 is 8.42 Å². The molecule has 1 heterocycles. The van der Waals surface area contributed by atoms with Gasteiger partial charge in [0.1, 0.15) is 0 Å². The van der Waals surface area contributed by atoms with Gasteiger partial charge < -0.3 is 9.47 Å². The first-order valence-corrected chi connectivity index (χ1v) is 9.34. The van der Waals surface area contributed by atoms with Gasteiger partial charge in [-0.3, -0.25) is 0 Å². The van der Waals surface area contributed by atoms with Gasteiger partial charge in [0.05, 0.1) is 17.1 Å². The zero-order chi connectivity index (χ0) is 17.0. The lowest BCUT2D eigenvalue weighted by Crippen LogP contribution is -2.22. The SMILES string of the molecule is CC(C)S(=O)(=O)c1ncc(CN(C)C)n1CCc1ccccc1. The highest BCUT2D eigenvalue weighted by Gasteiger charge is 2.26. The zero-order valence-corrected chi connectivity index (χ0v) is 15.0. The van der Waals surface area contributed by atoms with E-state index in [2.05, 4.69) is 17.1 Å². The predicted molar refractivity (Wildman–Crippen MR) is 92.1 cm³/mol. The molecular weight excluding hydrogens is 310 g/mol. The molecule has 0 aliphatic carbocycles. The molecule has 1 aromatic carbocycles. The molecule has 0 saturated heterocycles. The summed E-state index contributed by atoms with van der Waals surface area (Å²) >= 11 is 0. The first-order chi connectivity index (χ1) is 10.8. The molecule has 2 aromatic rings. The highest BCUT2D eigenvalue weighted by atomic mass is 32.2. The van der Waals surface area contributed by atoms with Crippen LogP contribution in [0.4, 0.5) is 0 Å². The maximum absolute atomic E-state index is 12.6. The minimum Gasteiger partial charge on any atom is -0.317 e. The van der Waals surface area contributed by atoms with Crippen LogP contribution in [0.5, 0.6) is 0 Å². The van der Waals surface area contributed by atoms with Crippen LogP contribution in [0.15, 0.2) is 41.7 Å². The molecule has 0 amide bonds. The van der Waals surface area contributed by atoms with Gasteiger partial charge in [0.15, 0.2) is 0 Å². The van der Waals surface area contributed by atoms with E-state index in [0.717, 1.165) is 12.1 Å². The number of aryl methyl sites for hydroxylation is 1. The first-order valence-electron chi connectivity index (χ1n) is 7.79. The van der Waals surface area contributed by atoms with E-state index in [1.165, 1.54) is 5.56 Å². The number of hydrogen-bond acceptors (Lipinski definition) is 4. The maximum atomic E-state index is 12.6. The maximum Gasteiger partial charge on any atom is 0.228 e. The van der Waals surface area contributed by atoms with E-state index in [-0.39, 0.29) is 5.16 Å². The van der Waals surface area contributed by atoms with Crippen molar-refractivity contribution in [3.05, 3.63) is 47.8 Å². The fraction of sp³-hybridized carbons (Fsp3) is 0.471. The molecule has 6 heteroatoms. The Morgan fingerprint density at radius 2 is 1.83 bits per heavy atom. The summed E-state index contributed by atoms with van der Waals surface area (Å²) in [7, 11) is 0.533. The minimum absolute atomic E-state index is 0.181. The molecule has 0 aliphatic rings. The second kappa shape index (κ2) is 7.27. The topological polar surface area (TPSA) is 55.2 Å². The quantitative estimate of drug-likeness (QED) is 0.779. The predicted octanol–water partition coefficient (Wildman–Crippen LogP) is 2.37. The third-order valence-corrected chi connectivity index (χ3v) is 5.80. The van der Waals surface area contributed by atoms with E-state index in [1.807, 2.05) is 41.8 Å². The second-order valence-corrected chi connectivity index (χ2v) is 8.65. The third-order valence-electron chi connectivity index (χ3n) is 3.72. The molecule has 1 aromatic heterocycles. The van der Waals surface area contributed by atoms with E-state index < -0.39 is 15.1 Å². The lowest BCUT2D eigenvalue weighted by atomic mass is 10.1. The summed E-state index contributed by atoms with van der Waals surface area (Å²) in [5, 5.41) is -0.298. The van der Waals surface area contributed by atoms with E-state index in [1.54, 1.807) is 20.0 Å². The van der Waals surface area contributed by atoms with Gasteiger partial charge in [-0.05, 0) is 39.9 Å². The van der Waals surface area contributed by atoms with Crippen molar-refractivity contribution in [2.24, 2.45) is 0 Å². The van der Waals surface area contributed by atoms with Crippen LogP contribution in [0.25, 0.3) is 0 Å². The van der Waals surface area contributed by atoms with Crippen molar-refractivity contribution in [3.63, 3.8) is 0 Å². The lowest BCUT2D eigenvalue weighted by molar-refractivity contribution is 0.383. The first kappa shape index (κ1) is 17.7. The summed E-state index contributed by atoms with van der Waals surface area (Å²) < 4.78 is 27.0. The Kier molecular flexibility index (Phi) is 5.59. The molecule has 0 bridgehead atoms. The van der Waals surface area contributed by atoms with Crippen molar-refractivity contribution in [2.75, 3.05) is 14.1 Å². The van der Waals surface area contributed by atoms with Crippen molar-refractivity contribution in [1.82, 2.24) is 14.5 Å². The standard InChI is InChI=1S/C17H25N3O2S/c1-14(2)23(21,22)17-18-12-16(13-19(3)4)20(17)11-10-15-8-6-5-7-9-15/h5-9,12,14H,10-11,13H2,1-4H3. The Bertz CT molecular complexity index is 734. The Morgan fingerprint density at radius 3 is 2.39 bits per heavy atom. The summed E-state index contributed by atoms with van der Waals surface area (Å²) in [5.74, 6) is 0. The van der Waals surface area contributed by atoms with Crippen LogP contribution in [0.2, 0.25) is 0 Å². The molecule has 5 nitrogen and oxygen atoms in total. The second-order valence-electron chi connectivity index (χ2n) is 6.25. The average molecular weight is 335 g/mol. The molecule has 0 unspecified atom stereocenters. The molecule has 0 N–H and O–H groups in total. The van der Waals surface area contributed by atoms with Crippen LogP contribution >= 0.6 is 0 Å². The van der Waals surface area contributed by atoms with E-state index >= 15 is 0 Å². The smallest absolute Gasteiger partial charge is 0.228 e. The van der Waals surface area contributed by atoms with Crippen molar-refractivity contribution in [2.45, 2.75) is 43.8 Å². The minimum atomic E-state index is -3.39. The number of imidazole rings is 1.